The van der Waals surface area contributed by atoms with Gasteiger partial charge < -0.3 is 25.2 Å². The summed E-state index contributed by atoms with van der Waals surface area (Å²) in [6, 6.07) is -0.862. The van der Waals surface area contributed by atoms with Crippen molar-refractivity contribution in [2.45, 2.75) is 91.1 Å². The normalized spacial score (nSPS) is 28.2. The third-order valence-electron chi connectivity index (χ3n) is 7.29. The molecule has 1 aliphatic carbocycles. The van der Waals surface area contributed by atoms with Crippen LogP contribution in [0.25, 0.3) is 0 Å². The Morgan fingerprint density at radius 2 is 1.80 bits per heavy atom. The number of amides is 2. The maximum Gasteiger partial charge on any atom is 0.328 e. The molecule has 0 spiro atoms. The van der Waals surface area contributed by atoms with Crippen molar-refractivity contribution in [2.24, 2.45) is 11.8 Å². The molecule has 3 N–H and O–H groups in total. The van der Waals surface area contributed by atoms with E-state index in [0.717, 1.165) is 6.08 Å². The quantitative estimate of drug-likeness (QED) is 0.234. The molecule has 4 unspecified atom stereocenters. The lowest BCUT2D eigenvalue weighted by Crippen LogP contribution is -2.43. The minimum absolute atomic E-state index is 0.0599. The Balaban J connectivity index is 2.31. The lowest BCUT2D eigenvalue weighted by Gasteiger charge is -2.29. The first-order valence-electron chi connectivity index (χ1n) is 15.0. The Labute approximate surface area is 260 Å². The monoisotopic (exact) mass is 610 g/mol. The summed E-state index contributed by atoms with van der Waals surface area (Å²) in [7, 11) is 1.46. The zero-order valence-corrected chi connectivity index (χ0v) is 26.5. The summed E-state index contributed by atoms with van der Waals surface area (Å²) >= 11 is 0. The van der Waals surface area contributed by atoms with Crippen LogP contribution in [0.3, 0.4) is 0 Å². The van der Waals surface area contributed by atoms with Crippen LogP contribution in [0.15, 0.2) is 71.5 Å². The summed E-state index contributed by atoms with van der Waals surface area (Å²) in [6.07, 6.45) is 13.5. The van der Waals surface area contributed by atoms with Gasteiger partial charge in [-0.1, -0.05) is 63.3 Å². The van der Waals surface area contributed by atoms with Crippen molar-refractivity contribution in [3.05, 3.63) is 71.5 Å². The third kappa shape index (κ3) is 12.0. The summed E-state index contributed by atoms with van der Waals surface area (Å²) in [4.78, 5) is 63.0. The minimum Gasteiger partial charge on any atom is -0.460 e. The number of rotatable bonds is 6. The van der Waals surface area contributed by atoms with Gasteiger partial charge in [0.2, 0.25) is 17.6 Å². The highest BCUT2D eigenvalue weighted by molar-refractivity contribution is 6.21. The molecular weight excluding hydrogens is 564 g/mol. The first-order valence-corrected chi connectivity index (χ1v) is 15.0. The van der Waals surface area contributed by atoms with Crippen molar-refractivity contribution >= 4 is 29.4 Å². The Morgan fingerprint density at radius 3 is 2.48 bits per heavy atom. The van der Waals surface area contributed by atoms with Gasteiger partial charge in [-0.2, -0.15) is 0 Å². The highest BCUT2D eigenvalue weighted by Crippen LogP contribution is 2.24. The highest BCUT2D eigenvalue weighted by atomic mass is 16.5. The van der Waals surface area contributed by atoms with E-state index in [0.29, 0.717) is 18.4 Å². The average molecular weight is 611 g/mol. The maximum atomic E-state index is 13.0. The number of esters is 1. The van der Waals surface area contributed by atoms with E-state index in [1.807, 2.05) is 19.9 Å². The number of hydrogen-bond donors (Lipinski definition) is 3. The molecule has 2 amide bonds. The lowest BCUT2D eigenvalue weighted by molar-refractivity contribution is -0.156. The molecule has 240 valence electrons. The second kappa shape index (κ2) is 18.0. The van der Waals surface area contributed by atoms with E-state index in [1.165, 1.54) is 13.2 Å². The molecule has 1 heterocycles. The zero-order chi connectivity index (χ0) is 32.8. The number of aliphatic hydroxyl groups excluding tert-OH is 1. The molecule has 0 aromatic heterocycles. The smallest absolute Gasteiger partial charge is 0.328 e. The van der Waals surface area contributed by atoms with E-state index >= 15 is 0 Å². The van der Waals surface area contributed by atoms with E-state index < -0.39 is 53.7 Å². The van der Waals surface area contributed by atoms with Gasteiger partial charge in [0.05, 0.1) is 24.3 Å². The fraction of sp³-hybridized carbons (Fsp3) is 0.500. The summed E-state index contributed by atoms with van der Waals surface area (Å²) in [5.41, 5.74) is 0.784. The minimum atomic E-state index is -0.974. The van der Waals surface area contributed by atoms with E-state index in [4.69, 9.17) is 9.47 Å². The van der Waals surface area contributed by atoms with Crippen molar-refractivity contribution in [3.63, 3.8) is 0 Å². The molecule has 0 saturated heterocycles. The van der Waals surface area contributed by atoms with Gasteiger partial charge in [-0.15, -0.1) is 0 Å². The average Bonchev–Trinajstić information content (AvgIpc) is 2.95. The molecule has 2 rings (SSSR count). The van der Waals surface area contributed by atoms with Crippen LogP contribution >= 0.6 is 0 Å². The molecule has 1 aliphatic heterocycles. The topological polar surface area (TPSA) is 148 Å². The van der Waals surface area contributed by atoms with Crippen LogP contribution in [0.4, 0.5) is 0 Å². The van der Waals surface area contributed by atoms with E-state index in [-0.39, 0.29) is 42.4 Å². The number of hydrogen-bond acceptors (Lipinski definition) is 8. The van der Waals surface area contributed by atoms with Crippen molar-refractivity contribution < 1.29 is 38.6 Å². The van der Waals surface area contributed by atoms with Crippen molar-refractivity contribution in [2.75, 3.05) is 7.11 Å². The van der Waals surface area contributed by atoms with E-state index in [9.17, 15) is 29.1 Å². The number of carbonyl (C=O) groups is 5. The lowest BCUT2D eigenvalue weighted by atomic mass is 9.90. The largest absolute Gasteiger partial charge is 0.460 e. The van der Waals surface area contributed by atoms with Crippen LogP contribution in [0.5, 0.6) is 0 Å². The van der Waals surface area contributed by atoms with Gasteiger partial charge >= 0.3 is 5.97 Å². The molecule has 5 atom stereocenters. The predicted molar refractivity (Wildman–Crippen MR) is 167 cm³/mol. The SMILES string of the molecule is COC1/C=C/C=C/C=C/CC(OC(=O)[C@H](C)NC(=O)CC(C)C)C(C)C(O)/C(C)=C\CCC2=CC(=O)C=C(NC(=O)C1)C2=O. The van der Waals surface area contributed by atoms with Gasteiger partial charge in [-0.05, 0) is 44.3 Å². The molecular formula is C34H46N2O8. The Kier molecular flexibility index (Phi) is 14.9. The Morgan fingerprint density at radius 1 is 1.09 bits per heavy atom. The van der Waals surface area contributed by atoms with Crippen molar-refractivity contribution in [1.82, 2.24) is 10.6 Å². The van der Waals surface area contributed by atoms with Crippen LogP contribution < -0.4 is 10.6 Å². The van der Waals surface area contributed by atoms with E-state index in [2.05, 4.69) is 10.6 Å². The number of nitrogens with one attached hydrogen (secondary N) is 2. The number of carbonyl (C=O) groups excluding carboxylic acids is 5. The molecule has 2 aliphatic rings. The van der Waals surface area contributed by atoms with Crippen LogP contribution in [-0.4, -0.2) is 65.9 Å². The molecule has 10 heteroatoms. The molecule has 2 bridgehead atoms. The van der Waals surface area contributed by atoms with Crippen molar-refractivity contribution in [1.29, 1.82) is 0 Å². The zero-order valence-electron chi connectivity index (χ0n) is 26.5. The highest BCUT2D eigenvalue weighted by Gasteiger charge is 2.30. The molecule has 10 nitrogen and oxygen atoms in total. The second-order valence-electron chi connectivity index (χ2n) is 11.6. The van der Waals surface area contributed by atoms with Gasteiger partial charge in [0, 0.05) is 37.5 Å². The van der Waals surface area contributed by atoms with Crippen LogP contribution in [0.1, 0.15) is 66.7 Å². The van der Waals surface area contributed by atoms with Crippen LogP contribution in [0, 0.1) is 11.8 Å². The van der Waals surface area contributed by atoms with Crippen LogP contribution in [0.2, 0.25) is 0 Å². The van der Waals surface area contributed by atoms with Gasteiger partial charge in [-0.25, -0.2) is 4.79 Å². The Hall–Kier alpha value is -3.89. The Bertz CT molecular complexity index is 1250. The second-order valence-corrected chi connectivity index (χ2v) is 11.6. The summed E-state index contributed by atoms with van der Waals surface area (Å²) in [6.45, 7) is 8.91. The molecule has 0 aromatic carbocycles. The summed E-state index contributed by atoms with van der Waals surface area (Å²) < 4.78 is 11.2. The first-order chi connectivity index (χ1) is 20.8. The summed E-state index contributed by atoms with van der Waals surface area (Å²) in [5, 5.41) is 16.4. The number of methoxy groups -OCH3 is 1. The van der Waals surface area contributed by atoms with Crippen molar-refractivity contribution in [3.8, 4) is 0 Å². The third-order valence-corrected chi connectivity index (χ3v) is 7.29. The van der Waals surface area contributed by atoms with Gasteiger partial charge in [0.1, 0.15) is 12.1 Å². The summed E-state index contributed by atoms with van der Waals surface area (Å²) in [5.74, 6) is -2.52. The molecule has 0 fully saturated rings. The van der Waals surface area contributed by atoms with Gasteiger partial charge in [0.25, 0.3) is 0 Å². The fourth-order valence-corrected chi connectivity index (χ4v) is 4.71. The number of allylic oxidation sites excluding steroid dienone is 8. The molecule has 44 heavy (non-hydrogen) atoms. The molecule has 0 saturated carbocycles. The fourth-order valence-electron chi connectivity index (χ4n) is 4.71. The molecule has 0 radical (unpaired) electrons. The van der Waals surface area contributed by atoms with Gasteiger partial charge in [-0.3, -0.25) is 19.2 Å². The number of ketones is 2. The van der Waals surface area contributed by atoms with Crippen LogP contribution in [-0.2, 0) is 33.4 Å². The number of Topliss-reactive ketones (excluding diaryl/α,β-unsaturated/α-hetero) is 1. The number of aliphatic hydroxyl groups is 1. The van der Waals surface area contributed by atoms with Gasteiger partial charge in [0.15, 0.2) is 5.78 Å². The predicted octanol–water partition coefficient (Wildman–Crippen LogP) is 3.73. The maximum absolute atomic E-state index is 13.0. The number of fused-ring (bicyclic) bond motifs is 2. The molecule has 0 aromatic rings. The standard InChI is InChI=1S/C34H46N2O8/c1-21(2)17-30(38)35-24(5)34(42)44-29-16-11-9-7-8-10-15-27(43-6)20-31(39)36-28-19-26(37)18-25(33(28)41)14-12-13-22(3)32(40)23(29)4/h7-11,13,15,18-19,21,23-24,27,29,32,40H,12,14,16-17,20H2,1-6H3,(H,35,38)(H,36,39)/b8-7+,11-9+,15-10+,22-13-/t23?,24-,27?,29?,32?/m0/s1. The van der Waals surface area contributed by atoms with E-state index in [1.54, 1.807) is 57.2 Å². The first kappa shape index (κ1) is 36.3. The number of ether oxygens (including phenoxy) is 2.